The summed E-state index contributed by atoms with van der Waals surface area (Å²) in [4.78, 5) is 8.87. The quantitative estimate of drug-likeness (QED) is 0.540. The zero-order valence-electron chi connectivity index (χ0n) is 17.4. The van der Waals surface area contributed by atoms with Gasteiger partial charge in [0.15, 0.2) is 5.96 Å². The van der Waals surface area contributed by atoms with E-state index in [0.29, 0.717) is 13.1 Å². The highest BCUT2D eigenvalue weighted by Crippen LogP contribution is 2.18. The van der Waals surface area contributed by atoms with Crippen molar-refractivity contribution in [1.82, 2.24) is 20.4 Å². The van der Waals surface area contributed by atoms with Gasteiger partial charge in [0, 0.05) is 44.8 Å². The summed E-state index contributed by atoms with van der Waals surface area (Å²) in [6.07, 6.45) is 5.22. The van der Waals surface area contributed by atoms with Gasteiger partial charge in [-0.25, -0.2) is 4.39 Å². The molecule has 1 unspecified atom stereocenters. The maximum absolute atomic E-state index is 13.9. The molecule has 0 bridgehead atoms. The van der Waals surface area contributed by atoms with Crippen LogP contribution in [0, 0.1) is 5.82 Å². The molecule has 2 N–H and O–H groups in total. The summed E-state index contributed by atoms with van der Waals surface area (Å²) in [5, 5.41) is 6.74. The summed E-state index contributed by atoms with van der Waals surface area (Å²) < 4.78 is 13.9. The molecule has 0 aromatic heterocycles. The lowest BCUT2D eigenvalue weighted by Gasteiger charge is -2.35. The first-order valence-electron chi connectivity index (χ1n) is 10.1. The fourth-order valence-electron chi connectivity index (χ4n) is 3.74. The summed E-state index contributed by atoms with van der Waals surface area (Å²) in [6, 6.07) is 6.03. The normalized spacial score (nSPS) is 18.7. The van der Waals surface area contributed by atoms with Gasteiger partial charge in [-0.2, -0.15) is 0 Å². The largest absolute Gasteiger partial charge is 0.355 e. The molecular weight excluding hydrogens is 341 g/mol. The Hall–Kier alpha value is -1.66. The fourth-order valence-corrected chi connectivity index (χ4v) is 3.74. The summed E-state index contributed by atoms with van der Waals surface area (Å²) in [7, 11) is 5.68. The van der Waals surface area contributed by atoms with Crippen LogP contribution in [0.1, 0.15) is 43.7 Å². The minimum atomic E-state index is -0.151. The number of piperidine rings is 1. The van der Waals surface area contributed by atoms with Crippen molar-refractivity contribution in [3.05, 3.63) is 35.1 Å². The van der Waals surface area contributed by atoms with Crippen LogP contribution in [0.4, 0.5) is 4.39 Å². The van der Waals surface area contributed by atoms with Gasteiger partial charge in [0.2, 0.25) is 0 Å². The first kappa shape index (κ1) is 21.6. The van der Waals surface area contributed by atoms with E-state index in [1.54, 1.807) is 13.1 Å². The molecule has 2 rings (SSSR count). The fraction of sp³-hybridized carbons (Fsp3) is 0.667. The number of guanidine groups is 1. The van der Waals surface area contributed by atoms with Crippen molar-refractivity contribution in [3.63, 3.8) is 0 Å². The number of halogens is 1. The van der Waals surface area contributed by atoms with Crippen LogP contribution in [0.3, 0.4) is 0 Å². The molecule has 1 aromatic carbocycles. The number of hydrogen-bond donors (Lipinski definition) is 2. The third-order valence-electron chi connectivity index (χ3n) is 5.19. The van der Waals surface area contributed by atoms with Crippen molar-refractivity contribution in [2.75, 3.05) is 40.8 Å². The van der Waals surface area contributed by atoms with Crippen LogP contribution in [-0.4, -0.2) is 62.6 Å². The van der Waals surface area contributed by atoms with Crippen molar-refractivity contribution in [2.45, 2.75) is 51.7 Å². The van der Waals surface area contributed by atoms with E-state index in [4.69, 9.17) is 0 Å². The Morgan fingerprint density at radius 1 is 1.30 bits per heavy atom. The molecule has 1 aromatic rings. The molecule has 1 aliphatic heterocycles. The standard InChI is InChI=1S/C21H36FN5/c1-5-19-8-6-7-12-27(19)13-11-24-21(23-2)25-15-17-9-10-20(22)18(14-17)16-26(3)4/h9-10,14,19H,5-8,11-13,15-16H2,1-4H3,(H2,23,24,25). The lowest BCUT2D eigenvalue weighted by Crippen LogP contribution is -2.45. The molecule has 6 heteroatoms. The third-order valence-corrected chi connectivity index (χ3v) is 5.19. The predicted molar refractivity (Wildman–Crippen MR) is 111 cm³/mol. The predicted octanol–water partition coefficient (Wildman–Crippen LogP) is 2.82. The van der Waals surface area contributed by atoms with Crippen LogP contribution >= 0.6 is 0 Å². The van der Waals surface area contributed by atoms with E-state index >= 15 is 0 Å². The van der Waals surface area contributed by atoms with Crippen LogP contribution in [-0.2, 0) is 13.1 Å². The average molecular weight is 378 g/mol. The monoisotopic (exact) mass is 377 g/mol. The van der Waals surface area contributed by atoms with Gasteiger partial charge in [-0.3, -0.25) is 9.89 Å². The first-order chi connectivity index (χ1) is 13.0. The average Bonchev–Trinajstić information content (AvgIpc) is 2.66. The van der Waals surface area contributed by atoms with Crippen LogP contribution < -0.4 is 10.6 Å². The van der Waals surface area contributed by atoms with Gasteiger partial charge < -0.3 is 15.5 Å². The lowest BCUT2D eigenvalue weighted by atomic mass is 10.0. The topological polar surface area (TPSA) is 42.9 Å². The smallest absolute Gasteiger partial charge is 0.191 e. The Morgan fingerprint density at radius 2 is 2.11 bits per heavy atom. The number of nitrogens with one attached hydrogen (secondary N) is 2. The zero-order valence-corrected chi connectivity index (χ0v) is 17.4. The minimum absolute atomic E-state index is 0.151. The first-order valence-corrected chi connectivity index (χ1v) is 10.1. The van der Waals surface area contributed by atoms with E-state index < -0.39 is 0 Å². The Bertz CT molecular complexity index is 602. The maximum Gasteiger partial charge on any atom is 0.191 e. The summed E-state index contributed by atoms with van der Waals surface area (Å²) >= 11 is 0. The van der Waals surface area contributed by atoms with Gasteiger partial charge in [-0.1, -0.05) is 19.4 Å². The Morgan fingerprint density at radius 3 is 2.81 bits per heavy atom. The van der Waals surface area contributed by atoms with Crippen molar-refractivity contribution < 1.29 is 4.39 Å². The molecular formula is C21H36FN5. The van der Waals surface area contributed by atoms with Gasteiger partial charge in [0.1, 0.15) is 5.82 Å². The number of nitrogens with zero attached hydrogens (tertiary/aromatic N) is 3. The van der Waals surface area contributed by atoms with E-state index in [0.717, 1.165) is 36.2 Å². The van der Waals surface area contributed by atoms with Crippen LogP contribution in [0.5, 0.6) is 0 Å². The van der Waals surface area contributed by atoms with Crippen LogP contribution in [0.25, 0.3) is 0 Å². The van der Waals surface area contributed by atoms with E-state index in [2.05, 4.69) is 27.4 Å². The highest BCUT2D eigenvalue weighted by atomic mass is 19.1. The van der Waals surface area contributed by atoms with Crippen molar-refractivity contribution >= 4 is 5.96 Å². The van der Waals surface area contributed by atoms with Crippen LogP contribution in [0.15, 0.2) is 23.2 Å². The molecule has 0 aliphatic carbocycles. The third kappa shape index (κ3) is 7.11. The Labute approximate surface area is 164 Å². The molecule has 0 radical (unpaired) electrons. The molecule has 1 atom stereocenters. The Balaban J connectivity index is 1.80. The van der Waals surface area contributed by atoms with Crippen molar-refractivity contribution in [3.8, 4) is 0 Å². The van der Waals surface area contributed by atoms with Gasteiger partial charge in [-0.05, 0) is 57.6 Å². The SMILES string of the molecule is CCC1CCCCN1CCNC(=NC)NCc1ccc(F)c(CN(C)C)c1. The summed E-state index contributed by atoms with van der Waals surface area (Å²) in [6.45, 7) is 6.64. The molecule has 0 saturated carbocycles. The van der Waals surface area contributed by atoms with E-state index in [-0.39, 0.29) is 5.82 Å². The highest BCUT2D eigenvalue weighted by molar-refractivity contribution is 5.79. The molecule has 0 amide bonds. The van der Waals surface area contributed by atoms with Gasteiger partial charge in [0.25, 0.3) is 0 Å². The zero-order chi connectivity index (χ0) is 19.6. The van der Waals surface area contributed by atoms with E-state index in [1.807, 2.05) is 31.1 Å². The number of hydrogen-bond acceptors (Lipinski definition) is 3. The number of aliphatic imine (C=N–C) groups is 1. The molecule has 0 spiro atoms. The second-order valence-corrected chi connectivity index (χ2v) is 7.61. The number of benzene rings is 1. The molecule has 1 aliphatic rings. The van der Waals surface area contributed by atoms with Crippen LogP contribution in [0.2, 0.25) is 0 Å². The van der Waals surface area contributed by atoms with Gasteiger partial charge in [0.05, 0.1) is 0 Å². The Kier molecular flexibility index (Phi) is 9.01. The number of rotatable bonds is 8. The molecule has 5 nitrogen and oxygen atoms in total. The number of likely N-dealkylation sites (tertiary alicyclic amines) is 1. The highest BCUT2D eigenvalue weighted by Gasteiger charge is 2.19. The minimum Gasteiger partial charge on any atom is -0.355 e. The molecule has 152 valence electrons. The molecule has 27 heavy (non-hydrogen) atoms. The maximum atomic E-state index is 13.9. The van der Waals surface area contributed by atoms with Gasteiger partial charge >= 0.3 is 0 Å². The van der Waals surface area contributed by atoms with E-state index in [9.17, 15) is 4.39 Å². The lowest BCUT2D eigenvalue weighted by molar-refractivity contribution is 0.147. The molecule has 1 fully saturated rings. The summed E-state index contributed by atoms with van der Waals surface area (Å²) in [5.41, 5.74) is 1.77. The van der Waals surface area contributed by atoms with Crippen molar-refractivity contribution in [1.29, 1.82) is 0 Å². The second-order valence-electron chi connectivity index (χ2n) is 7.61. The second kappa shape index (κ2) is 11.2. The molecule has 1 saturated heterocycles. The van der Waals surface area contributed by atoms with Crippen molar-refractivity contribution in [2.24, 2.45) is 4.99 Å². The van der Waals surface area contributed by atoms with Gasteiger partial charge in [-0.15, -0.1) is 0 Å². The molecule has 1 heterocycles. The summed E-state index contributed by atoms with van der Waals surface area (Å²) in [5.74, 6) is 0.639. The van der Waals surface area contributed by atoms with E-state index in [1.165, 1.54) is 32.2 Å².